The van der Waals surface area contributed by atoms with Crippen LogP contribution in [0.1, 0.15) is 49.0 Å². The van der Waals surface area contributed by atoms with Crippen LogP contribution in [0.15, 0.2) is 12.3 Å². The van der Waals surface area contributed by atoms with Crippen molar-refractivity contribution in [2.45, 2.75) is 44.1 Å². The summed E-state index contributed by atoms with van der Waals surface area (Å²) in [5.41, 5.74) is 0.770. The maximum Gasteiger partial charge on any atom is 0.269 e. The quantitative estimate of drug-likeness (QED) is 0.884. The zero-order chi connectivity index (χ0) is 13.0. The zero-order valence-corrected chi connectivity index (χ0v) is 11.4. The predicted molar refractivity (Wildman–Crippen MR) is 71.6 cm³/mol. The predicted octanol–water partition coefficient (Wildman–Crippen LogP) is 2.12. The zero-order valence-electron chi connectivity index (χ0n) is 11.4. The molecule has 1 aromatic heterocycles. The van der Waals surface area contributed by atoms with E-state index < -0.39 is 0 Å². The van der Waals surface area contributed by atoms with E-state index >= 15 is 0 Å². The number of amides is 1. The van der Waals surface area contributed by atoms with Crippen molar-refractivity contribution in [3.8, 4) is 0 Å². The number of hydrogen-bond acceptors (Lipinski definition) is 2. The van der Waals surface area contributed by atoms with Gasteiger partial charge in [-0.15, -0.1) is 0 Å². The second-order valence-electron chi connectivity index (χ2n) is 6.99. The summed E-state index contributed by atoms with van der Waals surface area (Å²) in [6, 6.07) is 1.80. The van der Waals surface area contributed by atoms with E-state index in [1.54, 1.807) is 16.9 Å². The van der Waals surface area contributed by atoms with Crippen molar-refractivity contribution >= 4 is 5.91 Å². The molecule has 4 aliphatic rings. The Kier molecular flexibility index (Phi) is 2.32. The topological polar surface area (TPSA) is 46.9 Å². The van der Waals surface area contributed by atoms with Gasteiger partial charge < -0.3 is 5.32 Å². The van der Waals surface area contributed by atoms with Crippen molar-refractivity contribution < 1.29 is 4.79 Å². The molecule has 0 unspecified atom stereocenters. The van der Waals surface area contributed by atoms with E-state index in [1.165, 1.54) is 38.5 Å². The Morgan fingerprint density at radius 1 is 1.26 bits per heavy atom. The highest BCUT2D eigenvalue weighted by molar-refractivity contribution is 5.93. The van der Waals surface area contributed by atoms with Gasteiger partial charge in [0.15, 0.2) is 0 Å². The van der Waals surface area contributed by atoms with Crippen molar-refractivity contribution in [3.63, 3.8) is 0 Å². The fourth-order valence-electron chi connectivity index (χ4n) is 5.17. The Labute approximate surface area is 113 Å². The molecular formula is C15H21N3O. The monoisotopic (exact) mass is 259 g/mol. The largest absolute Gasteiger partial charge is 0.345 e. The first kappa shape index (κ1) is 11.5. The molecule has 5 rings (SSSR count). The Hall–Kier alpha value is -1.32. The minimum absolute atomic E-state index is 0.0574. The molecule has 1 amide bonds. The van der Waals surface area contributed by atoms with Gasteiger partial charge in [0.25, 0.3) is 5.91 Å². The van der Waals surface area contributed by atoms with Crippen molar-refractivity contribution in [1.82, 2.24) is 15.1 Å². The maximum atomic E-state index is 12.4. The fraction of sp³-hybridized carbons (Fsp3) is 0.733. The molecule has 1 N–H and O–H groups in total. The van der Waals surface area contributed by atoms with Crippen molar-refractivity contribution in [2.24, 2.45) is 24.8 Å². The first-order valence-electron chi connectivity index (χ1n) is 7.44. The average Bonchev–Trinajstić information content (AvgIpc) is 2.72. The first-order chi connectivity index (χ1) is 9.13. The van der Waals surface area contributed by atoms with Crippen LogP contribution in [0.3, 0.4) is 0 Å². The number of aryl methyl sites for hydroxylation is 1. The molecule has 4 bridgehead atoms. The summed E-state index contributed by atoms with van der Waals surface area (Å²) in [7, 11) is 1.83. The lowest BCUT2D eigenvalue weighted by Crippen LogP contribution is -2.60. The maximum absolute atomic E-state index is 12.4. The highest BCUT2D eigenvalue weighted by atomic mass is 16.2. The molecule has 102 valence electrons. The number of hydrogen-bond donors (Lipinski definition) is 1. The van der Waals surface area contributed by atoms with Gasteiger partial charge >= 0.3 is 0 Å². The molecule has 4 heteroatoms. The van der Waals surface area contributed by atoms with Crippen LogP contribution in [0.25, 0.3) is 0 Å². The molecule has 19 heavy (non-hydrogen) atoms. The molecule has 4 aliphatic carbocycles. The summed E-state index contributed by atoms with van der Waals surface area (Å²) in [5, 5.41) is 7.46. The summed E-state index contributed by atoms with van der Waals surface area (Å²) >= 11 is 0. The van der Waals surface area contributed by atoms with Crippen molar-refractivity contribution in [1.29, 1.82) is 0 Å². The molecule has 4 saturated carbocycles. The van der Waals surface area contributed by atoms with Gasteiger partial charge in [-0.05, 0) is 62.3 Å². The summed E-state index contributed by atoms with van der Waals surface area (Å²) in [6.07, 6.45) is 9.49. The molecule has 0 atom stereocenters. The number of aromatic nitrogens is 2. The van der Waals surface area contributed by atoms with Crippen LogP contribution in [-0.4, -0.2) is 21.2 Å². The van der Waals surface area contributed by atoms with E-state index in [4.69, 9.17) is 0 Å². The molecule has 0 spiro atoms. The Morgan fingerprint density at radius 3 is 2.32 bits per heavy atom. The lowest BCUT2D eigenvalue weighted by molar-refractivity contribution is -0.0168. The Bertz CT molecular complexity index is 484. The lowest BCUT2D eigenvalue weighted by atomic mass is 9.53. The van der Waals surface area contributed by atoms with Crippen LogP contribution in [0, 0.1) is 17.8 Å². The summed E-state index contributed by atoms with van der Waals surface area (Å²) in [5.74, 6) is 2.64. The van der Waals surface area contributed by atoms with E-state index in [0.29, 0.717) is 5.69 Å². The second kappa shape index (κ2) is 3.84. The number of carbonyl (C=O) groups is 1. The van der Waals surface area contributed by atoms with Gasteiger partial charge in [-0.3, -0.25) is 9.48 Å². The number of nitrogens with zero attached hydrogens (tertiary/aromatic N) is 2. The number of carbonyl (C=O) groups excluding carboxylic acids is 1. The van der Waals surface area contributed by atoms with Crippen LogP contribution >= 0.6 is 0 Å². The van der Waals surface area contributed by atoms with Gasteiger partial charge in [0.2, 0.25) is 0 Å². The van der Waals surface area contributed by atoms with Gasteiger partial charge in [0.1, 0.15) is 5.69 Å². The Morgan fingerprint density at radius 2 is 1.84 bits per heavy atom. The number of nitrogens with one attached hydrogen (secondary N) is 1. The van der Waals surface area contributed by atoms with E-state index in [1.807, 2.05) is 7.05 Å². The van der Waals surface area contributed by atoms with Gasteiger partial charge in [-0.1, -0.05) is 0 Å². The van der Waals surface area contributed by atoms with Crippen LogP contribution in [0.4, 0.5) is 0 Å². The second-order valence-corrected chi connectivity index (χ2v) is 6.99. The van der Waals surface area contributed by atoms with Gasteiger partial charge in [-0.25, -0.2) is 0 Å². The minimum Gasteiger partial charge on any atom is -0.345 e. The summed E-state index contributed by atoms with van der Waals surface area (Å²) in [4.78, 5) is 12.4. The molecule has 1 heterocycles. The molecule has 4 fully saturated rings. The SMILES string of the molecule is Cn1nccc1C(=O)NC12CC3CC(CC(C3)C1)C2. The van der Waals surface area contributed by atoms with Gasteiger partial charge in [0.05, 0.1) is 0 Å². The smallest absolute Gasteiger partial charge is 0.269 e. The highest BCUT2D eigenvalue weighted by Crippen LogP contribution is 2.55. The minimum atomic E-state index is 0.0574. The summed E-state index contributed by atoms with van der Waals surface area (Å²) in [6.45, 7) is 0. The standard InChI is InChI=1S/C15H21N3O/c1-18-13(2-3-16-18)14(19)17-15-7-10-4-11(8-15)6-12(5-10)9-15/h2-3,10-12H,4-9H2,1H3,(H,17,19). The van der Waals surface area contributed by atoms with Gasteiger partial charge in [-0.2, -0.15) is 5.10 Å². The molecule has 0 aliphatic heterocycles. The normalized spacial score (nSPS) is 39.5. The lowest BCUT2D eigenvalue weighted by Gasteiger charge is -2.56. The molecule has 1 aromatic rings. The van der Waals surface area contributed by atoms with Crippen molar-refractivity contribution in [3.05, 3.63) is 18.0 Å². The summed E-state index contributed by atoms with van der Waals surface area (Å²) < 4.78 is 1.66. The number of rotatable bonds is 2. The van der Waals surface area contributed by atoms with Crippen LogP contribution in [0.5, 0.6) is 0 Å². The Balaban J connectivity index is 1.56. The molecular weight excluding hydrogens is 238 g/mol. The third kappa shape index (κ3) is 1.80. The van der Waals surface area contributed by atoms with Crippen LogP contribution < -0.4 is 5.32 Å². The van der Waals surface area contributed by atoms with Crippen molar-refractivity contribution in [2.75, 3.05) is 0 Å². The highest BCUT2D eigenvalue weighted by Gasteiger charge is 2.51. The first-order valence-corrected chi connectivity index (χ1v) is 7.44. The average molecular weight is 259 g/mol. The van der Waals surface area contributed by atoms with Crippen LogP contribution in [0.2, 0.25) is 0 Å². The molecule has 0 saturated heterocycles. The van der Waals surface area contributed by atoms with Crippen LogP contribution in [-0.2, 0) is 7.05 Å². The third-order valence-electron chi connectivity index (χ3n) is 5.47. The third-order valence-corrected chi connectivity index (χ3v) is 5.47. The fourth-order valence-corrected chi connectivity index (χ4v) is 5.17. The van der Waals surface area contributed by atoms with Gasteiger partial charge in [0, 0.05) is 18.8 Å². The van der Waals surface area contributed by atoms with E-state index in [9.17, 15) is 4.79 Å². The van der Waals surface area contributed by atoms with E-state index in [0.717, 1.165) is 17.8 Å². The molecule has 0 radical (unpaired) electrons. The van der Waals surface area contributed by atoms with E-state index in [2.05, 4.69) is 10.4 Å². The molecule has 0 aromatic carbocycles. The van der Waals surface area contributed by atoms with E-state index in [-0.39, 0.29) is 11.4 Å². The molecule has 4 nitrogen and oxygen atoms in total.